The van der Waals surface area contributed by atoms with E-state index >= 15 is 0 Å². The van der Waals surface area contributed by atoms with Gasteiger partial charge >= 0.3 is 0 Å². The Morgan fingerprint density at radius 1 is 1.30 bits per heavy atom. The number of carbonyl (C=O) groups is 1. The number of nitrogens with zero attached hydrogens (tertiary/aromatic N) is 1. The molecule has 1 N–H and O–H groups in total. The molecule has 1 atom stereocenters. The molecule has 120 valence electrons. The molecular weight excluding hydrogens is 380 g/mol. The predicted molar refractivity (Wildman–Crippen MR) is 94.9 cm³/mol. The summed E-state index contributed by atoms with van der Waals surface area (Å²) in [6.45, 7) is 1.86. The van der Waals surface area contributed by atoms with Crippen LogP contribution in [0.4, 0.5) is 5.69 Å². The van der Waals surface area contributed by atoms with E-state index < -0.39 is 4.92 Å². The van der Waals surface area contributed by atoms with Gasteiger partial charge in [-0.05, 0) is 36.9 Å². The Hall–Kier alpha value is -1.86. The summed E-state index contributed by atoms with van der Waals surface area (Å²) in [4.78, 5) is 23.5. The van der Waals surface area contributed by atoms with Gasteiger partial charge in [0.25, 0.3) is 11.6 Å². The van der Waals surface area contributed by atoms with Crippen molar-refractivity contribution >= 4 is 39.3 Å². The zero-order valence-corrected chi connectivity index (χ0v) is 15.0. The minimum Gasteiger partial charge on any atom is -0.345 e. The Labute approximate surface area is 146 Å². The standard InChI is InChI=1S/C16H15BrN2O3S/c1-10(12-5-3-4-6-13(12)17)18-16(20)11-7-8-15(23-2)14(9-11)19(21)22/h3-10H,1-2H3,(H,18,20)/t10-/m0/s1. The molecule has 0 spiro atoms. The highest BCUT2D eigenvalue weighted by molar-refractivity contribution is 9.10. The number of thioether (sulfide) groups is 1. The van der Waals surface area contributed by atoms with Crippen molar-refractivity contribution < 1.29 is 9.72 Å². The predicted octanol–water partition coefficient (Wildman–Crippen LogP) is 4.57. The van der Waals surface area contributed by atoms with Crippen molar-refractivity contribution in [2.24, 2.45) is 0 Å². The molecule has 0 aliphatic rings. The van der Waals surface area contributed by atoms with E-state index in [0.717, 1.165) is 10.0 Å². The Morgan fingerprint density at radius 3 is 2.61 bits per heavy atom. The summed E-state index contributed by atoms with van der Waals surface area (Å²) >= 11 is 4.73. The summed E-state index contributed by atoms with van der Waals surface area (Å²) in [7, 11) is 0. The van der Waals surface area contributed by atoms with Crippen LogP contribution < -0.4 is 5.32 Å². The number of nitrogens with one attached hydrogen (secondary N) is 1. The molecule has 0 unspecified atom stereocenters. The van der Waals surface area contributed by atoms with Gasteiger partial charge in [-0.25, -0.2) is 0 Å². The van der Waals surface area contributed by atoms with Gasteiger partial charge in [0, 0.05) is 16.1 Å². The maximum absolute atomic E-state index is 12.4. The summed E-state index contributed by atoms with van der Waals surface area (Å²) < 4.78 is 0.900. The molecule has 0 aromatic heterocycles. The van der Waals surface area contributed by atoms with Gasteiger partial charge in [0.15, 0.2) is 0 Å². The van der Waals surface area contributed by atoms with Crippen LogP contribution >= 0.6 is 27.7 Å². The molecule has 0 aliphatic carbocycles. The van der Waals surface area contributed by atoms with Gasteiger partial charge in [0.2, 0.25) is 0 Å². The van der Waals surface area contributed by atoms with Crippen LogP contribution in [0.1, 0.15) is 28.9 Å². The molecule has 1 amide bonds. The number of halogens is 1. The second-order valence-electron chi connectivity index (χ2n) is 4.86. The van der Waals surface area contributed by atoms with E-state index in [9.17, 15) is 14.9 Å². The molecule has 5 nitrogen and oxygen atoms in total. The minimum atomic E-state index is -0.472. The molecule has 0 bridgehead atoms. The van der Waals surface area contributed by atoms with Gasteiger partial charge < -0.3 is 5.32 Å². The van der Waals surface area contributed by atoms with Crippen LogP contribution in [0.2, 0.25) is 0 Å². The zero-order chi connectivity index (χ0) is 17.0. The molecule has 23 heavy (non-hydrogen) atoms. The minimum absolute atomic E-state index is 0.0568. The van der Waals surface area contributed by atoms with Gasteiger partial charge in [-0.3, -0.25) is 14.9 Å². The van der Waals surface area contributed by atoms with Crippen molar-refractivity contribution in [3.05, 3.63) is 68.2 Å². The first kappa shape index (κ1) is 17.5. The lowest BCUT2D eigenvalue weighted by Crippen LogP contribution is -2.26. The molecule has 2 rings (SSSR count). The first-order chi connectivity index (χ1) is 10.9. The van der Waals surface area contributed by atoms with Gasteiger partial charge in [-0.15, -0.1) is 11.8 Å². The summed E-state index contributed by atoms with van der Waals surface area (Å²) in [5.41, 5.74) is 1.16. The highest BCUT2D eigenvalue weighted by atomic mass is 79.9. The first-order valence-electron chi connectivity index (χ1n) is 6.81. The second-order valence-corrected chi connectivity index (χ2v) is 6.56. The van der Waals surface area contributed by atoms with Gasteiger partial charge in [-0.1, -0.05) is 34.1 Å². The molecule has 0 heterocycles. The normalized spacial score (nSPS) is 11.8. The van der Waals surface area contributed by atoms with Crippen molar-refractivity contribution in [1.29, 1.82) is 0 Å². The molecule has 0 radical (unpaired) electrons. The first-order valence-corrected chi connectivity index (χ1v) is 8.83. The number of rotatable bonds is 5. The van der Waals surface area contributed by atoms with Crippen LogP contribution in [0.15, 0.2) is 51.8 Å². The quantitative estimate of drug-likeness (QED) is 0.457. The number of hydrogen-bond donors (Lipinski definition) is 1. The molecule has 0 aliphatic heterocycles. The monoisotopic (exact) mass is 394 g/mol. The van der Waals surface area contributed by atoms with Crippen LogP contribution in [0.5, 0.6) is 0 Å². The fourth-order valence-electron chi connectivity index (χ4n) is 2.16. The van der Waals surface area contributed by atoms with Crippen molar-refractivity contribution in [2.45, 2.75) is 17.9 Å². The van der Waals surface area contributed by atoms with Crippen molar-refractivity contribution in [3.8, 4) is 0 Å². The summed E-state index contributed by atoms with van der Waals surface area (Å²) in [5.74, 6) is -0.344. The maximum Gasteiger partial charge on any atom is 0.283 e. The molecule has 2 aromatic rings. The Balaban J connectivity index is 2.22. The fourth-order valence-corrected chi connectivity index (χ4v) is 3.33. The second kappa shape index (κ2) is 7.61. The molecule has 7 heteroatoms. The molecule has 2 aromatic carbocycles. The van der Waals surface area contributed by atoms with E-state index in [-0.39, 0.29) is 23.2 Å². The van der Waals surface area contributed by atoms with Crippen LogP contribution in [0.25, 0.3) is 0 Å². The van der Waals surface area contributed by atoms with Crippen LogP contribution in [-0.2, 0) is 0 Å². The maximum atomic E-state index is 12.4. The Kier molecular flexibility index (Phi) is 5.79. The summed E-state index contributed by atoms with van der Waals surface area (Å²) in [5, 5.41) is 14.0. The third-order valence-corrected chi connectivity index (χ3v) is 4.86. The average Bonchev–Trinajstić information content (AvgIpc) is 2.54. The highest BCUT2D eigenvalue weighted by Crippen LogP contribution is 2.29. The average molecular weight is 395 g/mol. The van der Waals surface area contributed by atoms with E-state index in [0.29, 0.717) is 4.90 Å². The zero-order valence-electron chi connectivity index (χ0n) is 12.6. The van der Waals surface area contributed by atoms with Gasteiger partial charge in [-0.2, -0.15) is 0 Å². The van der Waals surface area contributed by atoms with E-state index in [4.69, 9.17) is 0 Å². The lowest BCUT2D eigenvalue weighted by molar-refractivity contribution is -0.387. The van der Waals surface area contributed by atoms with E-state index in [2.05, 4.69) is 21.2 Å². The molecular formula is C16H15BrN2O3S. The lowest BCUT2D eigenvalue weighted by Gasteiger charge is -2.16. The summed E-state index contributed by atoms with van der Waals surface area (Å²) in [6, 6.07) is 11.9. The number of carbonyl (C=O) groups excluding carboxylic acids is 1. The molecule has 0 saturated carbocycles. The van der Waals surface area contributed by atoms with E-state index in [1.54, 1.807) is 18.4 Å². The largest absolute Gasteiger partial charge is 0.345 e. The van der Waals surface area contributed by atoms with Crippen LogP contribution in [0.3, 0.4) is 0 Å². The number of nitro groups is 1. The van der Waals surface area contributed by atoms with Gasteiger partial charge in [0.1, 0.15) is 0 Å². The van der Waals surface area contributed by atoms with Crippen molar-refractivity contribution in [1.82, 2.24) is 5.32 Å². The number of nitro benzene ring substituents is 1. The Bertz CT molecular complexity index is 752. The number of hydrogen-bond acceptors (Lipinski definition) is 4. The SMILES string of the molecule is CSc1ccc(C(=O)N[C@@H](C)c2ccccc2Br)cc1[N+](=O)[O-]. The third-order valence-electron chi connectivity index (χ3n) is 3.36. The van der Waals surface area contributed by atoms with E-state index in [1.807, 2.05) is 31.2 Å². The Morgan fingerprint density at radius 2 is 2.00 bits per heavy atom. The highest BCUT2D eigenvalue weighted by Gasteiger charge is 2.19. The topological polar surface area (TPSA) is 72.2 Å². The molecule has 0 fully saturated rings. The van der Waals surface area contributed by atoms with Crippen LogP contribution in [-0.4, -0.2) is 17.1 Å². The van der Waals surface area contributed by atoms with Crippen molar-refractivity contribution in [2.75, 3.05) is 6.26 Å². The van der Waals surface area contributed by atoms with E-state index in [1.165, 1.54) is 17.8 Å². The third kappa shape index (κ3) is 4.11. The lowest BCUT2D eigenvalue weighted by atomic mass is 10.1. The van der Waals surface area contributed by atoms with Gasteiger partial charge in [0.05, 0.1) is 15.9 Å². The smallest absolute Gasteiger partial charge is 0.283 e. The fraction of sp³-hybridized carbons (Fsp3) is 0.188. The molecule has 0 saturated heterocycles. The van der Waals surface area contributed by atoms with Crippen molar-refractivity contribution in [3.63, 3.8) is 0 Å². The number of amides is 1. The summed E-state index contributed by atoms with van der Waals surface area (Å²) in [6.07, 6.45) is 1.76. The number of benzene rings is 2. The van der Waals surface area contributed by atoms with Crippen LogP contribution in [0, 0.1) is 10.1 Å².